The number of ether oxygens (including phenoxy) is 1. The van der Waals surface area contributed by atoms with Crippen molar-refractivity contribution in [3.63, 3.8) is 0 Å². The molecule has 0 unspecified atom stereocenters. The first-order valence-electron chi connectivity index (χ1n) is 10.2. The zero-order chi connectivity index (χ0) is 21.3. The van der Waals surface area contributed by atoms with Crippen molar-refractivity contribution in [2.45, 2.75) is 59.5 Å². The van der Waals surface area contributed by atoms with Crippen LogP contribution in [0.15, 0.2) is 18.3 Å². The van der Waals surface area contributed by atoms with Crippen LogP contribution < -0.4 is 5.73 Å². The van der Waals surface area contributed by atoms with Crippen LogP contribution in [0.4, 0.5) is 0 Å². The van der Waals surface area contributed by atoms with E-state index in [4.69, 9.17) is 32.0 Å². The maximum absolute atomic E-state index is 6.58. The summed E-state index contributed by atoms with van der Waals surface area (Å²) in [5, 5.41) is 0.666. The molecule has 0 aliphatic rings. The lowest BCUT2D eigenvalue weighted by molar-refractivity contribution is 0.164. The molecule has 156 valence electrons. The summed E-state index contributed by atoms with van der Waals surface area (Å²) in [6.07, 6.45) is 3.01. The highest BCUT2D eigenvalue weighted by Crippen LogP contribution is 2.34. The Morgan fingerprint density at radius 1 is 1.21 bits per heavy atom. The van der Waals surface area contributed by atoms with E-state index in [0.29, 0.717) is 18.2 Å². The third-order valence-electron chi connectivity index (χ3n) is 5.41. The first-order chi connectivity index (χ1) is 13.8. The van der Waals surface area contributed by atoms with Gasteiger partial charge in [-0.1, -0.05) is 32.4 Å². The molecule has 2 N–H and O–H groups in total. The SMILES string of the molecule is CCc1cc2c(nc1-c1cc(Cl)c(C(C)C)nc1CN)c(C)cn2[C@H](C)COC. The summed E-state index contributed by atoms with van der Waals surface area (Å²) in [5.41, 5.74) is 14.0. The van der Waals surface area contributed by atoms with E-state index in [1.165, 1.54) is 0 Å². The first kappa shape index (κ1) is 21.8. The predicted octanol–water partition coefficient (Wildman–Crippen LogP) is 5.41. The topological polar surface area (TPSA) is 66.0 Å². The maximum atomic E-state index is 6.58. The summed E-state index contributed by atoms with van der Waals surface area (Å²) in [4.78, 5) is 9.87. The molecule has 3 rings (SSSR count). The summed E-state index contributed by atoms with van der Waals surface area (Å²) in [6.45, 7) is 11.6. The second-order valence-electron chi connectivity index (χ2n) is 7.95. The maximum Gasteiger partial charge on any atom is 0.0917 e. The summed E-state index contributed by atoms with van der Waals surface area (Å²) < 4.78 is 7.61. The van der Waals surface area contributed by atoms with E-state index in [1.807, 2.05) is 6.07 Å². The van der Waals surface area contributed by atoms with Crippen molar-refractivity contribution < 1.29 is 4.74 Å². The molecule has 0 saturated carbocycles. The Bertz CT molecular complexity index is 1030. The number of hydrogen-bond acceptors (Lipinski definition) is 4. The van der Waals surface area contributed by atoms with Crippen LogP contribution in [0.1, 0.15) is 62.2 Å². The van der Waals surface area contributed by atoms with Gasteiger partial charge in [-0.2, -0.15) is 0 Å². The predicted molar refractivity (Wildman–Crippen MR) is 121 cm³/mol. The number of nitrogens with two attached hydrogens (primary N) is 1. The third kappa shape index (κ3) is 4.04. The molecule has 0 aromatic carbocycles. The molecule has 3 aromatic rings. The Morgan fingerprint density at radius 3 is 2.52 bits per heavy atom. The number of pyridine rings is 2. The van der Waals surface area contributed by atoms with Gasteiger partial charge in [0, 0.05) is 25.4 Å². The van der Waals surface area contributed by atoms with Gasteiger partial charge in [0.15, 0.2) is 0 Å². The van der Waals surface area contributed by atoms with E-state index in [0.717, 1.165) is 51.2 Å². The second-order valence-corrected chi connectivity index (χ2v) is 8.36. The molecular weight excluding hydrogens is 384 g/mol. The molecule has 29 heavy (non-hydrogen) atoms. The fraction of sp³-hybridized carbons (Fsp3) is 0.478. The van der Waals surface area contributed by atoms with E-state index in [2.05, 4.69) is 51.4 Å². The number of rotatable bonds is 7. The van der Waals surface area contributed by atoms with Gasteiger partial charge >= 0.3 is 0 Å². The zero-order valence-electron chi connectivity index (χ0n) is 18.2. The van der Waals surface area contributed by atoms with E-state index in [-0.39, 0.29) is 12.0 Å². The largest absolute Gasteiger partial charge is 0.383 e. The number of nitrogens with zero attached hydrogens (tertiary/aromatic N) is 3. The lowest BCUT2D eigenvalue weighted by atomic mass is 9.99. The highest BCUT2D eigenvalue weighted by molar-refractivity contribution is 6.31. The Kier molecular flexibility index (Phi) is 6.62. The summed E-state index contributed by atoms with van der Waals surface area (Å²) in [6, 6.07) is 4.45. The van der Waals surface area contributed by atoms with Gasteiger partial charge in [-0.05, 0) is 49.4 Å². The van der Waals surface area contributed by atoms with Crippen LogP contribution in [0.2, 0.25) is 5.02 Å². The molecule has 0 saturated heterocycles. The van der Waals surface area contributed by atoms with Crippen molar-refractivity contribution in [1.29, 1.82) is 0 Å². The van der Waals surface area contributed by atoms with E-state index >= 15 is 0 Å². The van der Waals surface area contributed by atoms with Crippen LogP contribution in [0, 0.1) is 6.92 Å². The number of aryl methyl sites for hydroxylation is 2. The minimum absolute atomic E-state index is 0.231. The van der Waals surface area contributed by atoms with Gasteiger partial charge in [0.2, 0.25) is 0 Å². The van der Waals surface area contributed by atoms with Crippen molar-refractivity contribution in [2.24, 2.45) is 5.73 Å². The standard InChI is InChI=1S/C23H31ClN4O/c1-7-16-8-20-22(14(4)11-28(20)15(5)12-29-6)27-23(16)17-9-18(24)21(13(2)3)26-19(17)10-25/h8-9,11,13,15H,7,10,12,25H2,1-6H3/t15-/m1/s1. The van der Waals surface area contributed by atoms with Crippen LogP contribution in [0.25, 0.3) is 22.3 Å². The van der Waals surface area contributed by atoms with Gasteiger partial charge < -0.3 is 15.0 Å². The number of halogens is 1. The quantitative estimate of drug-likeness (QED) is 0.561. The van der Waals surface area contributed by atoms with Crippen LogP contribution in [0.3, 0.4) is 0 Å². The zero-order valence-corrected chi connectivity index (χ0v) is 19.0. The second kappa shape index (κ2) is 8.82. The first-order valence-corrected chi connectivity index (χ1v) is 10.6. The van der Waals surface area contributed by atoms with Gasteiger partial charge in [0.1, 0.15) is 0 Å². The Morgan fingerprint density at radius 2 is 1.93 bits per heavy atom. The molecular formula is C23H31ClN4O. The van der Waals surface area contributed by atoms with Crippen LogP contribution in [-0.4, -0.2) is 28.3 Å². The molecule has 0 aliphatic carbocycles. The smallest absolute Gasteiger partial charge is 0.0917 e. The summed E-state index contributed by atoms with van der Waals surface area (Å²) in [7, 11) is 1.73. The molecule has 3 heterocycles. The van der Waals surface area contributed by atoms with Gasteiger partial charge in [-0.3, -0.25) is 4.98 Å². The Hall–Kier alpha value is -1.95. The molecule has 1 atom stereocenters. The number of hydrogen-bond donors (Lipinski definition) is 1. The number of aromatic nitrogens is 3. The van der Waals surface area contributed by atoms with E-state index in [1.54, 1.807) is 7.11 Å². The minimum atomic E-state index is 0.231. The molecule has 0 bridgehead atoms. The third-order valence-corrected chi connectivity index (χ3v) is 5.71. The number of fused-ring (bicyclic) bond motifs is 1. The molecule has 5 nitrogen and oxygen atoms in total. The van der Waals surface area contributed by atoms with Gasteiger partial charge in [-0.25, -0.2) is 4.98 Å². The molecule has 0 amide bonds. The molecule has 6 heteroatoms. The highest BCUT2D eigenvalue weighted by atomic mass is 35.5. The van der Waals surface area contributed by atoms with Crippen LogP contribution >= 0.6 is 11.6 Å². The molecule has 0 fully saturated rings. The van der Waals surface area contributed by atoms with E-state index in [9.17, 15) is 0 Å². The van der Waals surface area contributed by atoms with Gasteiger partial charge in [-0.15, -0.1) is 0 Å². The summed E-state index contributed by atoms with van der Waals surface area (Å²) >= 11 is 6.58. The van der Waals surface area contributed by atoms with Crippen LogP contribution in [-0.2, 0) is 17.7 Å². The van der Waals surface area contributed by atoms with Crippen molar-refractivity contribution in [3.8, 4) is 11.3 Å². The molecule has 0 radical (unpaired) electrons. The van der Waals surface area contributed by atoms with Crippen LogP contribution in [0.5, 0.6) is 0 Å². The average Bonchev–Trinajstić information content (AvgIpc) is 3.02. The van der Waals surface area contributed by atoms with Gasteiger partial charge in [0.25, 0.3) is 0 Å². The fourth-order valence-corrected chi connectivity index (χ4v) is 4.24. The van der Waals surface area contributed by atoms with Crippen molar-refractivity contribution in [1.82, 2.24) is 14.5 Å². The average molecular weight is 415 g/mol. The Labute approximate surface area is 178 Å². The normalized spacial score (nSPS) is 12.9. The van der Waals surface area contributed by atoms with Gasteiger partial charge in [0.05, 0.1) is 45.8 Å². The van der Waals surface area contributed by atoms with Crippen molar-refractivity contribution in [2.75, 3.05) is 13.7 Å². The van der Waals surface area contributed by atoms with E-state index < -0.39 is 0 Å². The lowest BCUT2D eigenvalue weighted by Crippen LogP contribution is -2.10. The lowest BCUT2D eigenvalue weighted by Gasteiger charge is -2.17. The fourth-order valence-electron chi connectivity index (χ4n) is 3.87. The summed E-state index contributed by atoms with van der Waals surface area (Å²) in [5.74, 6) is 0.237. The monoisotopic (exact) mass is 414 g/mol. The van der Waals surface area contributed by atoms with Crippen molar-refractivity contribution in [3.05, 3.63) is 45.9 Å². The Balaban J connectivity index is 2.26. The van der Waals surface area contributed by atoms with Crippen molar-refractivity contribution >= 4 is 22.6 Å². The molecule has 0 spiro atoms. The molecule has 3 aromatic heterocycles. The number of methoxy groups -OCH3 is 1. The molecule has 0 aliphatic heterocycles. The highest BCUT2D eigenvalue weighted by Gasteiger charge is 2.20. The minimum Gasteiger partial charge on any atom is -0.383 e.